The molecule has 0 saturated carbocycles. The lowest BCUT2D eigenvalue weighted by Crippen LogP contribution is -2.61. The van der Waals surface area contributed by atoms with Crippen molar-refractivity contribution in [2.45, 2.75) is 149 Å². The molecular weight excluding hydrogens is 859 g/mol. The molecular formula is C45H71N9O12. The van der Waals surface area contributed by atoms with Crippen LogP contribution in [0.2, 0.25) is 0 Å². The molecule has 2 rings (SSSR count). The number of para-hydroxylation sites is 1. The molecule has 21 heteroatoms. The average molecular weight is 930 g/mol. The molecule has 13 N–H and O–H groups in total. The van der Waals surface area contributed by atoms with Crippen LogP contribution in [0.1, 0.15) is 100.0 Å². The predicted molar refractivity (Wildman–Crippen MR) is 244 cm³/mol. The summed E-state index contributed by atoms with van der Waals surface area (Å²) in [5.74, 6) is -9.42. The fraction of sp³-hybridized carbons (Fsp3) is 0.622. The van der Waals surface area contributed by atoms with Gasteiger partial charge in [0.1, 0.15) is 36.3 Å². The maximum Gasteiger partial charge on any atom is 0.328 e. The number of hydrogen-bond donors (Lipinski definition) is 12. The molecule has 0 spiro atoms. The van der Waals surface area contributed by atoms with Crippen LogP contribution in [0.5, 0.6) is 0 Å². The van der Waals surface area contributed by atoms with Gasteiger partial charge in [-0.25, -0.2) is 4.79 Å². The molecule has 0 unspecified atom stereocenters. The van der Waals surface area contributed by atoms with E-state index in [1.165, 1.54) is 6.92 Å². The molecule has 8 atom stereocenters. The van der Waals surface area contributed by atoms with Crippen molar-refractivity contribution < 1.29 is 58.5 Å². The Bertz CT molecular complexity index is 2000. The number of aromatic nitrogens is 1. The van der Waals surface area contributed by atoms with E-state index >= 15 is 0 Å². The number of aliphatic hydroxyl groups is 1. The molecule has 0 radical (unpaired) electrons. The summed E-state index contributed by atoms with van der Waals surface area (Å²) in [4.78, 5) is 122. The zero-order valence-corrected chi connectivity index (χ0v) is 39.4. The predicted octanol–water partition coefficient (Wildman–Crippen LogP) is 0.187. The molecule has 2 aromatic rings. The summed E-state index contributed by atoms with van der Waals surface area (Å²) in [6.45, 7) is 15.1. The molecule has 0 fully saturated rings. The Morgan fingerprint density at radius 1 is 0.545 bits per heavy atom. The molecule has 0 aliphatic carbocycles. The van der Waals surface area contributed by atoms with Gasteiger partial charge in [0.2, 0.25) is 41.4 Å². The molecule has 1 aromatic carbocycles. The molecule has 0 bridgehead atoms. The van der Waals surface area contributed by atoms with Crippen LogP contribution in [-0.2, 0) is 49.6 Å². The Kier molecular flexibility index (Phi) is 22.7. The van der Waals surface area contributed by atoms with Gasteiger partial charge in [0.25, 0.3) is 0 Å². The largest absolute Gasteiger partial charge is 0.481 e. The fourth-order valence-electron chi connectivity index (χ4n) is 7.18. The molecule has 0 aliphatic heterocycles. The van der Waals surface area contributed by atoms with Crippen molar-refractivity contribution >= 4 is 64.2 Å². The lowest BCUT2D eigenvalue weighted by molar-refractivity contribution is -0.145. The average Bonchev–Trinajstić information content (AvgIpc) is 3.62. The number of carbonyl (C=O) groups excluding carboxylic acids is 7. The highest BCUT2D eigenvalue weighted by Gasteiger charge is 2.36. The van der Waals surface area contributed by atoms with Crippen LogP contribution < -0.4 is 43.0 Å². The number of carbonyl (C=O) groups is 9. The standard InChI is InChI=1S/C45H71N9O12/c1-22(2)14-30(48-36(56)20-46)39(59)49-32(16-24(5)6)41(61)52-34(18-27-21-47-29-13-11-10-12-28(27)29)42(62)53-35(19-37(57)58)43(63)50-31(15-23(3)4)40(60)51-33(17-25(7)8)44(64)54-38(26(9)55)45(65)66/h10-13,21-26,30-35,38,47,55H,14-20,46H2,1-9H3,(H,48,56)(H,49,59)(H,50,63)(H,51,60)(H,52,61)(H,53,62)(H,54,64)(H,57,58)(H,65,66)/t26-,30+,31+,32+,33+,34+,35+,38+/m1/s1. The Hall–Kier alpha value is -6.09. The van der Waals surface area contributed by atoms with Crippen molar-refractivity contribution in [3.8, 4) is 0 Å². The van der Waals surface area contributed by atoms with Crippen molar-refractivity contribution in [3.63, 3.8) is 0 Å². The number of aliphatic hydroxyl groups excluding tert-OH is 1. The van der Waals surface area contributed by atoms with E-state index in [-0.39, 0.29) is 62.3 Å². The monoisotopic (exact) mass is 930 g/mol. The number of carboxylic acid groups (broad SMARTS) is 2. The van der Waals surface area contributed by atoms with Crippen molar-refractivity contribution in [2.24, 2.45) is 29.4 Å². The van der Waals surface area contributed by atoms with Gasteiger partial charge in [-0.1, -0.05) is 73.6 Å². The summed E-state index contributed by atoms with van der Waals surface area (Å²) < 4.78 is 0. The first-order chi connectivity index (χ1) is 30.8. The van der Waals surface area contributed by atoms with Gasteiger partial charge >= 0.3 is 11.9 Å². The van der Waals surface area contributed by atoms with E-state index in [9.17, 15) is 58.5 Å². The number of fused-ring (bicyclic) bond motifs is 1. The van der Waals surface area contributed by atoms with Crippen LogP contribution in [-0.4, -0.2) is 129 Å². The highest BCUT2D eigenvalue weighted by molar-refractivity contribution is 5.99. The Morgan fingerprint density at radius 3 is 1.33 bits per heavy atom. The second-order valence-corrected chi connectivity index (χ2v) is 18.4. The number of nitrogens with two attached hydrogens (primary N) is 1. The van der Waals surface area contributed by atoms with Gasteiger partial charge in [0, 0.05) is 23.5 Å². The zero-order chi connectivity index (χ0) is 50.0. The highest BCUT2D eigenvalue weighted by atomic mass is 16.4. The quantitative estimate of drug-likeness (QED) is 0.0543. The van der Waals surface area contributed by atoms with Crippen LogP contribution >= 0.6 is 0 Å². The number of aromatic amines is 1. The maximum atomic E-state index is 14.4. The van der Waals surface area contributed by atoms with Gasteiger partial charge in [-0.3, -0.25) is 38.4 Å². The van der Waals surface area contributed by atoms with E-state index in [1.807, 2.05) is 27.7 Å². The number of benzene rings is 1. The van der Waals surface area contributed by atoms with Crippen molar-refractivity contribution in [1.82, 2.24) is 42.2 Å². The lowest BCUT2D eigenvalue weighted by atomic mass is 9.98. The van der Waals surface area contributed by atoms with Crippen LogP contribution in [0.15, 0.2) is 30.5 Å². The highest BCUT2D eigenvalue weighted by Crippen LogP contribution is 2.20. The number of nitrogens with one attached hydrogen (secondary N) is 8. The number of aliphatic carboxylic acids is 2. The molecule has 0 saturated heterocycles. The van der Waals surface area contributed by atoms with E-state index in [0.717, 1.165) is 0 Å². The second kappa shape index (κ2) is 26.8. The van der Waals surface area contributed by atoms with Crippen LogP contribution in [0, 0.1) is 23.7 Å². The molecule has 368 valence electrons. The summed E-state index contributed by atoms with van der Waals surface area (Å²) in [6.07, 6.45) is -0.577. The van der Waals surface area contributed by atoms with Gasteiger partial charge < -0.3 is 63.3 Å². The molecule has 0 aliphatic rings. The topological polar surface area (TPSA) is 340 Å². The van der Waals surface area contributed by atoms with Gasteiger partial charge in [0.05, 0.1) is 19.1 Å². The zero-order valence-electron chi connectivity index (χ0n) is 39.4. The lowest BCUT2D eigenvalue weighted by Gasteiger charge is -2.29. The molecule has 21 nitrogen and oxygen atoms in total. The molecule has 66 heavy (non-hydrogen) atoms. The first-order valence-corrected chi connectivity index (χ1v) is 22.3. The number of hydrogen-bond acceptors (Lipinski definition) is 11. The second-order valence-electron chi connectivity index (χ2n) is 18.4. The van der Waals surface area contributed by atoms with Gasteiger partial charge in [-0.2, -0.15) is 0 Å². The normalized spacial score (nSPS) is 15.1. The summed E-state index contributed by atoms with van der Waals surface area (Å²) in [5, 5.41) is 47.8. The van der Waals surface area contributed by atoms with Crippen molar-refractivity contribution in [2.75, 3.05) is 6.54 Å². The third-order valence-corrected chi connectivity index (χ3v) is 10.4. The van der Waals surface area contributed by atoms with E-state index in [4.69, 9.17) is 5.73 Å². The number of H-pyrrole nitrogens is 1. The van der Waals surface area contributed by atoms with E-state index in [2.05, 4.69) is 42.2 Å². The fourth-order valence-corrected chi connectivity index (χ4v) is 7.18. The van der Waals surface area contributed by atoms with E-state index in [1.54, 1.807) is 58.2 Å². The number of carboxylic acids is 2. The summed E-state index contributed by atoms with van der Waals surface area (Å²) in [5.41, 5.74) is 6.78. The van der Waals surface area contributed by atoms with Gasteiger partial charge in [0.15, 0.2) is 6.04 Å². The van der Waals surface area contributed by atoms with Crippen LogP contribution in [0.3, 0.4) is 0 Å². The minimum absolute atomic E-state index is 0.0110. The SMILES string of the molecule is CC(C)C[C@H](NC(=O)CN)C(=O)N[C@@H](CC(C)C)C(=O)N[C@@H](Cc1c[nH]c2ccccc12)C(=O)N[C@@H](CC(=O)O)C(=O)N[C@@H](CC(C)C)C(=O)N[C@@H](CC(C)C)C(=O)N[C@H](C(=O)O)[C@@H](C)O. The minimum atomic E-state index is -1.80. The van der Waals surface area contributed by atoms with Gasteiger partial charge in [-0.05, 0) is 67.9 Å². The molecule has 1 heterocycles. The Balaban J connectivity index is 2.52. The summed E-state index contributed by atoms with van der Waals surface area (Å²) >= 11 is 0. The molecule has 7 amide bonds. The van der Waals surface area contributed by atoms with Crippen LogP contribution in [0.25, 0.3) is 10.9 Å². The number of amides is 7. The Labute approximate surface area is 385 Å². The van der Waals surface area contributed by atoms with Crippen molar-refractivity contribution in [1.29, 1.82) is 0 Å². The Morgan fingerprint density at radius 2 is 0.924 bits per heavy atom. The third-order valence-electron chi connectivity index (χ3n) is 10.4. The minimum Gasteiger partial charge on any atom is -0.481 e. The smallest absolute Gasteiger partial charge is 0.328 e. The summed E-state index contributed by atoms with van der Waals surface area (Å²) in [7, 11) is 0. The third kappa shape index (κ3) is 18.8. The maximum absolute atomic E-state index is 14.4. The van der Waals surface area contributed by atoms with E-state index < -0.39 is 108 Å². The first-order valence-electron chi connectivity index (χ1n) is 22.3. The van der Waals surface area contributed by atoms with E-state index in [0.29, 0.717) is 16.5 Å². The molecule has 1 aromatic heterocycles. The van der Waals surface area contributed by atoms with Gasteiger partial charge in [-0.15, -0.1) is 0 Å². The first kappa shape index (κ1) is 56.0. The van der Waals surface area contributed by atoms with Crippen LogP contribution in [0.4, 0.5) is 0 Å². The van der Waals surface area contributed by atoms with Crippen molar-refractivity contribution in [3.05, 3.63) is 36.0 Å². The summed E-state index contributed by atoms with van der Waals surface area (Å²) in [6, 6.07) is -2.70. The number of rotatable bonds is 28.